The Morgan fingerprint density at radius 3 is 2.53 bits per heavy atom. The van der Waals surface area contributed by atoms with Gasteiger partial charge in [-0.25, -0.2) is 0 Å². The molecule has 0 N–H and O–H groups in total. The third kappa shape index (κ3) is 2.76. The van der Waals surface area contributed by atoms with Gasteiger partial charge in [-0.15, -0.1) is 0 Å². The molecule has 7 nitrogen and oxygen atoms in total. The summed E-state index contributed by atoms with van der Waals surface area (Å²) in [5.41, 5.74) is 0.354. The van der Waals surface area contributed by atoms with Gasteiger partial charge in [-0.1, -0.05) is 0 Å². The molecule has 7 heteroatoms. The highest BCUT2D eigenvalue weighted by atomic mass is 16.6. The maximum Gasteiger partial charge on any atom is 0.304 e. The van der Waals surface area contributed by atoms with Crippen molar-refractivity contribution in [3.8, 4) is 0 Å². The molecule has 0 saturated carbocycles. The van der Waals surface area contributed by atoms with Crippen LogP contribution >= 0.6 is 0 Å². The normalized spacial score (nSPS) is 11.6. The minimum absolute atomic E-state index is 0.0194. The second kappa shape index (κ2) is 4.89. The van der Waals surface area contributed by atoms with Crippen LogP contribution in [0.15, 0.2) is 44.5 Å². The first kappa shape index (κ1) is 12.7. The fourth-order valence-corrected chi connectivity index (χ4v) is 1.46. The van der Waals surface area contributed by atoms with Crippen molar-refractivity contribution in [2.24, 2.45) is 12.0 Å². The monoisotopic (exact) mass is 261 g/mol. The van der Waals surface area contributed by atoms with Gasteiger partial charge >= 0.3 is 5.68 Å². The van der Waals surface area contributed by atoms with E-state index in [2.05, 4.69) is 4.99 Å². The molecule has 19 heavy (non-hydrogen) atoms. The Kier molecular flexibility index (Phi) is 3.28. The van der Waals surface area contributed by atoms with Gasteiger partial charge in [-0.05, 0) is 19.1 Å². The zero-order valence-electron chi connectivity index (χ0n) is 10.4. The van der Waals surface area contributed by atoms with Crippen LogP contribution in [-0.4, -0.2) is 9.49 Å². The SMILES string of the molecule is Cc1cc(=O)n(C)c(=Nc2ccc([N+](=O)[O-])cc2)o1. The summed E-state index contributed by atoms with van der Waals surface area (Å²) in [5.74, 6) is 0.448. The predicted octanol–water partition coefficient (Wildman–Crippen LogP) is 1.43. The summed E-state index contributed by atoms with van der Waals surface area (Å²) in [6.07, 6.45) is 0. The minimum atomic E-state index is -0.490. The lowest BCUT2D eigenvalue weighted by Gasteiger charge is -1.99. The molecule has 0 saturated heterocycles. The maximum atomic E-state index is 11.5. The van der Waals surface area contributed by atoms with E-state index >= 15 is 0 Å². The molecular weight excluding hydrogens is 250 g/mol. The zero-order chi connectivity index (χ0) is 14.0. The number of rotatable bonds is 2. The van der Waals surface area contributed by atoms with Crippen LogP contribution in [0.3, 0.4) is 0 Å². The van der Waals surface area contributed by atoms with Crippen molar-refractivity contribution < 1.29 is 9.34 Å². The third-order valence-corrected chi connectivity index (χ3v) is 2.48. The summed E-state index contributed by atoms with van der Waals surface area (Å²) < 4.78 is 6.59. The minimum Gasteiger partial charge on any atom is -0.430 e. The van der Waals surface area contributed by atoms with Gasteiger partial charge in [0.05, 0.1) is 10.6 Å². The Morgan fingerprint density at radius 2 is 1.95 bits per heavy atom. The van der Waals surface area contributed by atoms with E-state index in [1.807, 2.05) is 0 Å². The Balaban J connectivity index is 2.52. The number of nitrogens with zero attached hydrogens (tertiary/aromatic N) is 3. The number of nitro benzene ring substituents is 1. The van der Waals surface area contributed by atoms with Gasteiger partial charge in [0, 0.05) is 25.2 Å². The van der Waals surface area contributed by atoms with Crippen LogP contribution < -0.4 is 11.2 Å². The third-order valence-electron chi connectivity index (χ3n) is 2.48. The molecule has 1 aromatic carbocycles. The van der Waals surface area contributed by atoms with Gasteiger partial charge in [0.15, 0.2) is 0 Å². The second-order valence-electron chi connectivity index (χ2n) is 3.92. The van der Waals surface area contributed by atoms with E-state index in [4.69, 9.17) is 4.42 Å². The number of hydrogen-bond acceptors (Lipinski definition) is 5. The smallest absolute Gasteiger partial charge is 0.304 e. The van der Waals surface area contributed by atoms with Crippen LogP contribution in [0.25, 0.3) is 0 Å². The fourth-order valence-electron chi connectivity index (χ4n) is 1.46. The van der Waals surface area contributed by atoms with E-state index in [9.17, 15) is 14.9 Å². The van der Waals surface area contributed by atoms with Crippen molar-refractivity contribution in [3.63, 3.8) is 0 Å². The van der Waals surface area contributed by atoms with E-state index < -0.39 is 4.92 Å². The zero-order valence-corrected chi connectivity index (χ0v) is 10.4. The van der Waals surface area contributed by atoms with Crippen molar-refractivity contribution in [3.05, 3.63) is 62.2 Å². The molecule has 0 unspecified atom stereocenters. The summed E-state index contributed by atoms with van der Waals surface area (Å²) in [5, 5.41) is 10.5. The Labute approximate surface area is 107 Å². The maximum absolute atomic E-state index is 11.5. The number of non-ortho nitro benzene ring substituents is 1. The Morgan fingerprint density at radius 1 is 1.32 bits per heavy atom. The van der Waals surface area contributed by atoms with Crippen LogP contribution in [0, 0.1) is 17.0 Å². The summed E-state index contributed by atoms with van der Waals surface area (Å²) in [6, 6.07) is 7.01. The van der Waals surface area contributed by atoms with E-state index in [1.165, 1.54) is 41.9 Å². The van der Waals surface area contributed by atoms with Crippen LogP contribution in [0.2, 0.25) is 0 Å². The van der Waals surface area contributed by atoms with Gasteiger partial charge in [-0.2, -0.15) is 4.99 Å². The highest BCUT2D eigenvalue weighted by Crippen LogP contribution is 2.16. The second-order valence-corrected chi connectivity index (χ2v) is 3.92. The molecule has 0 fully saturated rings. The lowest BCUT2D eigenvalue weighted by Crippen LogP contribution is -2.30. The molecule has 1 aromatic heterocycles. The van der Waals surface area contributed by atoms with Crippen LogP contribution in [0.5, 0.6) is 0 Å². The molecular formula is C12H11N3O4. The molecule has 0 aliphatic rings. The average molecular weight is 261 g/mol. The van der Waals surface area contributed by atoms with Gasteiger partial charge < -0.3 is 4.42 Å². The lowest BCUT2D eigenvalue weighted by atomic mass is 10.3. The quantitative estimate of drug-likeness (QED) is 0.604. The molecule has 0 radical (unpaired) electrons. The summed E-state index contributed by atoms with van der Waals surface area (Å²) >= 11 is 0. The summed E-state index contributed by atoms with van der Waals surface area (Å²) in [4.78, 5) is 25.7. The Bertz CT molecular complexity index is 741. The van der Waals surface area contributed by atoms with Crippen molar-refractivity contribution in [2.45, 2.75) is 6.92 Å². The number of benzene rings is 1. The van der Waals surface area contributed by atoms with Crippen molar-refractivity contribution in [2.75, 3.05) is 0 Å². The molecule has 98 valence electrons. The van der Waals surface area contributed by atoms with Crippen molar-refractivity contribution >= 4 is 11.4 Å². The first-order chi connectivity index (χ1) is 8.97. The average Bonchev–Trinajstić information content (AvgIpc) is 2.36. The first-order valence-electron chi connectivity index (χ1n) is 5.44. The Hall–Kier alpha value is -2.70. The topological polar surface area (TPSA) is 90.6 Å². The first-order valence-corrected chi connectivity index (χ1v) is 5.44. The molecule has 2 aromatic rings. The highest BCUT2D eigenvalue weighted by molar-refractivity contribution is 5.43. The lowest BCUT2D eigenvalue weighted by molar-refractivity contribution is -0.384. The molecule has 1 heterocycles. The number of hydrogen-bond donors (Lipinski definition) is 0. The van der Waals surface area contributed by atoms with Gasteiger partial charge in [0.25, 0.3) is 11.2 Å². The van der Waals surface area contributed by atoms with Crippen LogP contribution in [0.4, 0.5) is 11.4 Å². The number of aryl methyl sites for hydroxylation is 1. The van der Waals surface area contributed by atoms with Gasteiger partial charge in [-0.3, -0.25) is 19.5 Å². The van der Waals surface area contributed by atoms with E-state index in [-0.39, 0.29) is 16.9 Å². The fraction of sp³-hybridized carbons (Fsp3) is 0.167. The molecule has 0 aliphatic heterocycles. The van der Waals surface area contributed by atoms with Crippen LogP contribution in [-0.2, 0) is 7.05 Å². The highest BCUT2D eigenvalue weighted by Gasteiger charge is 2.04. The molecule has 0 atom stereocenters. The standard InChI is InChI=1S/C12H11N3O4/c1-8-7-11(16)14(2)12(19-8)13-9-3-5-10(6-4-9)15(17)18/h3-7H,1-2H3. The van der Waals surface area contributed by atoms with Gasteiger partial charge in [0.2, 0.25) is 0 Å². The van der Waals surface area contributed by atoms with Crippen molar-refractivity contribution in [1.82, 2.24) is 4.57 Å². The number of aromatic nitrogens is 1. The summed E-state index contributed by atoms with van der Waals surface area (Å²) in [6.45, 7) is 1.65. The molecule has 2 rings (SSSR count). The van der Waals surface area contributed by atoms with E-state index in [1.54, 1.807) is 6.92 Å². The molecule has 0 amide bonds. The van der Waals surface area contributed by atoms with E-state index in [0.717, 1.165) is 0 Å². The summed E-state index contributed by atoms with van der Waals surface area (Å²) in [7, 11) is 1.54. The van der Waals surface area contributed by atoms with E-state index in [0.29, 0.717) is 11.4 Å². The molecule has 0 spiro atoms. The predicted molar refractivity (Wildman–Crippen MR) is 67.0 cm³/mol. The van der Waals surface area contributed by atoms with Crippen LogP contribution in [0.1, 0.15) is 5.76 Å². The largest absolute Gasteiger partial charge is 0.430 e. The van der Waals surface area contributed by atoms with Crippen molar-refractivity contribution in [1.29, 1.82) is 0 Å². The number of nitro groups is 1. The molecule has 0 bridgehead atoms. The van der Waals surface area contributed by atoms with Gasteiger partial charge in [0.1, 0.15) is 5.76 Å². The molecule has 0 aliphatic carbocycles.